The smallest absolute Gasteiger partial charge is 0.197 e. The van der Waals surface area contributed by atoms with Gasteiger partial charge in [0.2, 0.25) is 0 Å². The lowest BCUT2D eigenvalue weighted by Gasteiger charge is -2.27. The summed E-state index contributed by atoms with van der Waals surface area (Å²) in [6, 6.07) is 12.1. The van der Waals surface area contributed by atoms with Crippen molar-refractivity contribution in [3.8, 4) is 5.75 Å². The zero-order chi connectivity index (χ0) is 15.0. The molecule has 0 aliphatic heterocycles. The quantitative estimate of drug-likeness (QED) is 0.937. The average Bonchev–Trinajstić information content (AvgIpc) is 2.48. The summed E-state index contributed by atoms with van der Waals surface area (Å²) >= 11 is 0. The first kappa shape index (κ1) is 13.6. The number of phenols is 1. The van der Waals surface area contributed by atoms with Crippen molar-refractivity contribution in [2.45, 2.75) is 25.7 Å². The normalized spacial score (nSPS) is 16.2. The molecule has 0 aromatic heterocycles. The van der Waals surface area contributed by atoms with E-state index < -0.39 is 5.92 Å². The lowest BCUT2D eigenvalue weighted by Crippen LogP contribution is -2.25. The van der Waals surface area contributed by atoms with Gasteiger partial charge < -0.3 is 5.11 Å². The van der Waals surface area contributed by atoms with Gasteiger partial charge in [0.1, 0.15) is 11.5 Å². The van der Waals surface area contributed by atoms with E-state index in [9.17, 15) is 14.7 Å². The number of carbonyl (C=O) groups is 2. The number of carbonyl (C=O) groups excluding carboxylic acids is 2. The van der Waals surface area contributed by atoms with Crippen LogP contribution in [-0.4, -0.2) is 16.7 Å². The van der Waals surface area contributed by atoms with Crippen LogP contribution in [0, 0.1) is 0 Å². The molecule has 0 spiro atoms. The topological polar surface area (TPSA) is 54.4 Å². The molecule has 3 heteroatoms. The van der Waals surface area contributed by atoms with Crippen LogP contribution in [0.15, 0.2) is 42.5 Å². The van der Waals surface area contributed by atoms with E-state index in [0.717, 1.165) is 12.0 Å². The molecule has 1 atom stereocenters. The highest BCUT2D eigenvalue weighted by atomic mass is 16.3. The number of phenolic OH excluding ortho intramolecular Hbond substituents is 1. The second-order valence-corrected chi connectivity index (χ2v) is 5.31. The van der Waals surface area contributed by atoms with Gasteiger partial charge in [0.15, 0.2) is 5.78 Å². The lowest BCUT2D eigenvalue weighted by molar-refractivity contribution is -0.119. The maximum absolute atomic E-state index is 12.6. The van der Waals surface area contributed by atoms with Crippen molar-refractivity contribution in [3.63, 3.8) is 0 Å². The molecule has 3 nitrogen and oxygen atoms in total. The molecule has 106 valence electrons. The molecule has 1 unspecified atom stereocenters. The van der Waals surface area contributed by atoms with E-state index in [4.69, 9.17) is 0 Å². The number of hydrogen-bond acceptors (Lipinski definition) is 3. The first-order chi connectivity index (χ1) is 10.1. The van der Waals surface area contributed by atoms with E-state index in [1.54, 1.807) is 24.3 Å². The first-order valence-corrected chi connectivity index (χ1v) is 7.13. The van der Waals surface area contributed by atoms with Crippen LogP contribution in [-0.2, 0) is 4.79 Å². The Morgan fingerprint density at radius 1 is 1.10 bits per heavy atom. The minimum absolute atomic E-state index is 0.0544. The molecular formula is C18H16O3. The molecule has 0 radical (unpaired) electrons. The monoisotopic (exact) mass is 280 g/mol. The highest BCUT2D eigenvalue weighted by molar-refractivity contribution is 6.16. The van der Waals surface area contributed by atoms with Crippen molar-refractivity contribution in [3.05, 3.63) is 64.7 Å². The third-order valence-corrected chi connectivity index (χ3v) is 3.95. The molecule has 0 fully saturated rings. The van der Waals surface area contributed by atoms with Crippen LogP contribution in [0.5, 0.6) is 5.75 Å². The largest absolute Gasteiger partial charge is 0.507 e. The number of benzene rings is 2. The van der Waals surface area contributed by atoms with Gasteiger partial charge in [0.05, 0.1) is 11.5 Å². The number of Topliss-reactive ketones (excluding diaryl/α,β-unsaturated/α-hetero) is 1. The van der Waals surface area contributed by atoms with E-state index in [2.05, 4.69) is 0 Å². The van der Waals surface area contributed by atoms with Gasteiger partial charge in [-0.05, 0) is 23.6 Å². The van der Waals surface area contributed by atoms with Crippen molar-refractivity contribution >= 4 is 11.6 Å². The van der Waals surface area contributed by atoms with Crippen LogP contribution < -0.4 is 0 Å². The Morgan fingerprint density at radius 3 is 2.57 bits per heavy atom. The maximum atomic E-state index is 12.6. The second-order valence-electron chi connectivity index (χ2n) is 5.31. The van der Waals surface area contributed by atoms with Crippen LogP contribution in [0.4, 0.5) is 0 Å². The number of hydrogen-bond donors (Lipinski definition) is 1. The molecule has 2 aromatic rings. The van der Waals surface area contributed by atoms with E-state index in [-0.39, 0.29) is 22.9 Å². The molecule has 3 rings (SSSR count). The predicted molar refractivity (Wildman–Crippen MR) is 79.7 cm³/mol. The van der Waals surface area contributed by atoms with Crippen LogP contribution in [0.1, 0.15) is 52.7 Å². The van der Waals surface area contributed by atoms with Crippen LogP contribution in [0.3, 0.4) is 0 Å². The molecule has 1 aliphatic rings. The number of aromatic hydroxyl groups is 1. The molecule has 0 amide bonds. The third-order valence-electron chi connectivity index (χ3n) is 3.95. The fourth-order valence-electron chi connectivity index (χ4n) is 3.04. The van der Waals surface area contributed by atoms with Gasteiger partial charge >= 0.3 is 0 Å². The maximum Gasteiger partial charge on any atom is 0.197 e. The fraction of sp³-hybridized carbons (Fsp3) is 0.222. The van der Waals surface area contributed by atoms with Crippen molar-refractivity contribution < 1.29 is 14.7 Å². The van der Waals surface area contributed by atoms with Gasteiger partial charge in [-0.15, -0.1) is 0 Å². The van der Waals surface area contributed by atoms with Gasteiger partial charge in [-0.3, -0.25) is 9.59 Å². The summed E-state index contributed by atoms with van der Waals surface area (Å²) in [5.74, 6) is -0.634. The van der Waals surface area contributed by atoms with Crippen LogP contribution in [0.25, 0.3) is 0 Å². The summed E-state index contributed by atoms with van der Waals surface area (Å²) in [6.45, 7) is 1.96. The molecule has 1 aliphatic carbocycles. The lowest BCUT2D eigenvalue weighted by atomic mass is 9.74. The van der Waals surface area contributed by atoms with Crippen LogP contribution >= 0.6 is 0 Å². The highest BCUT2D eigenvalue weighted by Gasteiger charge is 2.35. The van der Waals surface area contributed by atoms with Crippen molar-refractivity contribution in [2.75, 3.05) is 0 Å². The van der Waals surface area contributed by atoms with Gasteiger partial charge in [-0.1, -0.05) is 43.3 Å². The molecular weight excluding hydrogens is 264 g/mol. The molecule has 0 bridgehead atoms. The first-order valence-electron chi connectivity index (χ1n) is 7.13. The SMILES string of the molecule is CCCC(=O)C1c2ccccc2C(=O)c2c(O)cccc21. The van der Waals surface area contributed by atoms with E-state index >= 15 is 0 Å². The molecule has 0 saturated carbocycles. The average molecular weight is 280 g/mol. The Kier molecular flexibility index (Phi) is 3.34. The van der Waals surface area contributed by atoms with Crippen molar-refractivity contribution in [1.82, 2.24) is 0 Å². The zero-order valence-electron chi connectivity index (χ0n) is 11.8. The van der Waals surface area contributed by atoms with Crippen molar-refractivity contribution in [1.29, 1.82) is 0 Å². The second kappa shape index (κ2) is 5.17. The van der Waals surface area contributed by atoms with Gasteiger partial charge in [-0.2, -0.15) is 0 Å². The molecule has 0 heterocycles. The van der Waals surface area contributed by atoms with E-state index in [1.807, 2.05) is 19.1 Å². The Balaban J connectivity index is 2.27. The minimum Gasteiger partial charge on any atom is -0.507 e. The molecule has 2 aromatic carbocycles. The summed E-state index contributed by atoms with van der Waals surface area (Å²) in [6.07, 6.45) is 1.22. The van der Waals surface area contributed by atoms with Crippen molar-refractivity contribution in [2.24, 2.45) is 0 Å². The Morgan fingerprint density at radius 2 is 1.81 bits per heavy atom. The molecule has 21 heavy (non-hydrogen) atoms. The van der Waals surface area contributed by atoms with Gasteiger partial charge in [0, 0.05) is 12.0 Å². The van der Waals surface area contributed by atoms with E-state index in [0.29, 0.717) is 17.5 Å². The fourth-order valence-corrected chi connectivity index (χ4v) is 3.04. The number of rotatable bonds is 3. The summed E-state index contributed by atoms with van der Waals surface area (Å²) in [4.78, 5) is 25.1. The molecule has 0 saturated heterocycles. The zero-order valence-corrected chi connectivity index (χ0v) is 11.8. The summed E-state index contributed by atoms with van der Waals surface area (Å²) in [5.41, 5.74) is 2.16. The number of fused-ring (bicyclic) bond motifs is 2. The third kappa shape index (κ3) is 2.05. The molecule has 1 N–H and O–H groups in total. The Labute approximate surface area is 123 Å². The van der Waals surface area contributed by atoms with Gasteiger partial charge in [0.25, 0.3) is 0 Å². The predicted octanol–water partition coefficient (Wildman–Crippen LogP) is 3.44. The van der Waals surface area contributed by atoms with Crippen LogP contribution in [0.2, 0.25) is 0 Å². The Hall–Kier alpha value is -2.42. The highest BCUT2D eigenvalue weighted by Crippen LogP contribution is 2.40. The minimum atomic E-state index is -0.457. The van der Waals surface area contributed by atoms with E-state index in [1.165, 1.54) is 6.07 Å². The Bertz CT molecular complexity index is 731. The number of ketones is 2. The summed E-state index contributed by atoms with van der Waals surface area (Å²) in [5, 5.41) is 10.0. The summed E-state index contributed by atoms with van der Waals surface area (Å²) < 4.78 is 0. The van der Waals surface area contributed by atoms with Gasteiger partial charge in [-0.25, -0.2) is 0 Å². The standard InChI is InChI=1S/C18H16O3/c1-2-6-14(19)16-11-7-3-4-8-12(11)18(21)17-13(16)9-5-10-15(17)20/h3-5,7-10,16,20H,2,6H2,1H3. The summed E-state index contributed by atoms with van der Waals surface area (Å²) in [7, 11) is 0.